The van der Waals surface area contributed by atoms with Gasteiger partial charge in [0.25, 0.3) is 11.8 Å². The summed E-state index contributed by atoms with van der Waals surface area (Å²) in [6.07, 6.45) is 1.94. The van der Waals surface area contributed by atoms with E-state index in [1.807, 2.05) is 58.3 Å². The highest BCUT2D eigenvalue weighted by atomic mass is 79.9. The minimum absolute atomic E-state index is 0.101. The fourth-order valence-corrected chi connectivity index (χ4v) is 6.39. The van der Waals surface area contributed by atoms with E-state index in [1.54, 1.807) is 0 Å². The van der Waals surface area contributed by atoms with Crippen molar-refractivity contribution in [3.8, 4) is 0 Å². The summed E-state index contributed by atoms with van der Waals surface area (Å²) < 4.78 is 0.849. The van der Waals surface area contributed by atoms with Crippen molar-refractivity contribution in [2.45, 2.75) is 18.9 Å². The lowest BCUT2D eigenvalue weighted by Crippen LogP contribution is -2.54. The Kier molecular flexibility index (Phi) is 6.70. The van der Waals surface area contributed by atoms with Crippen LogP contribution in [0, 0.1) is 0 Å². The molecule has 0 N–H and O–H groups in total. The van der Waals surface area contributed by atoms with E-state index in [0.717, 1.165) is 89.3 Å². The number of hydrogen-bond donors (Lipinski definition) is 0. The van der Waals surface area contributed by atoms with Gasteiger partial charge in [-0.2, -0.15) is 0 Å². The molecule has 2 heterocycles. The van der Waals surface area contributed by atoms with Crippen LogP contribution in [0.25, 0.3) is 21.5 Å². The van der Waals surface area contributed by atoms with Crippen molar-refractivity contribution in [3.63, 3.8) is 0 Å². The highest BCUT2D eigenvalue weighted by molar-refractivity contribution is 9.10. The molecule has 0 radical (unpaired) electrons. The summed E-state index contributed by atoms with van der Waals surface area (Å²) in [5, 5.41) is 4.26. The number of piperidine rings is 1. The van der Waals surface area contributed by atoms with Crippen molar-refractivity contribution in [2.75, 3.05) is 39.3 Å². The third-order valence-corrected chi connectivity index (χ3v) is 8.65. The maximum Gasteiger partial charge on any atom is 0.255 e. The molecule has 2 aliphatic rings. The van der Waals surface area contributed by atoms with E-state index >= 15 is 0 Å². The number of carbonyl (C=O) groups excluding carboxylic acids is 2. The van der Waals surface area contributed by atoms with Crippen molar-refractivity contribution < 1.29 is 9.59 Å². The maximum atomic E-state index is 13.9. The number of fused-ring (bicyclic) bond motifs is 2. The number of halogens is 1. The molecular formula is C31H30BrN3O2. The average molecular weight is 557 g/mol. The van der Waals surface area contributed by atoms with Gasteiger partial charge >= 0.3 is 0 Å². The Labute approximate surface area is 225 Å². The second-order valence-corrected chi connectivity index (χ2v) is 10.9. The van der Waals surface area contributed by atoms with Crippen LogP contribution in [0.15, 0.2) is 83.3 Å². The Morgan fingerprint density at radius 1 is 0.649 bits per heavy atom. The van der Waals surface area contributed by atoms with Crippen LogP contribution in [0.1, 0.15) is 33.6 Å². The van der Waals surface area contributed by atoms with Crippen LogP contribution in [-0.4, -0.2) is 71.8 Å². The Morgan fingerprint density at radius 3 is 1.81 bits per heavy atom. The summed E-state index contributed by atoms with van der Waals surface area (Å²) in [5.74, 6) is 0.227. The standard InChI is InChI=1S/C31H30BrN3O2/c32-28-12-6-5-11-27(28)30(36)34-15-13-24(14-16-34)33-17-19-35(20-18-33)31(37)29-25-9-3-1-7-22(25)21-23-8-2-4-10-26(23)29/h1-12,21,24H,13-20H2. The Morgan fingerprint density at radius 2 is 1.19 bits per heavy atom. The summed E-state index contributed by atoms with van der Waals surface area (Å²) in [6, 6.07) is 26.7. The highest BCUT2D eigenvalue weighted by Gasteiger charge is 2.31. The van der Waals surface area contributed by atoms with E-state index in [-0.39, 0.29) is 11.8 Å². The predicted octanol–water partition coefficient (Wildman–Crippen LogP) is 5.82. The van der Waals surface area contributed by atoms with Gasteiger partial charge in [-0.1, -0.05) is 60.7 Å². The number of likely N-dealkylation sites (tertiary alicyclic amines) is 1. The van der Waals surface area contributed by atoms with Crippen molar-refractivity contribution in [3.05, 3.63) is 94.5 Å². The van der Waals surface area contributed by atoms with Crippen LogP contribution in [0.5, 0.6) is 0 Å². The zero-order valence-electron chi connectivity index (χ0n) is 20.8. The second kappa shape index (κ2) is 10.3. The van der Waals surface area contributed by atoms with Crippen LogP contribution >= 0.6 is 15.9 Å². The Bertz CT molecular complexity index is 1420. The first-order valence-corrected chi connectivity index (χ1v) is 13.9. The van der Waals surface area contributed by atoms with Gasteiger partial charge in [-0.3, -0.25) is 14.5 Å². The number of carbonyl (C=O) groups is 2. The van der Waals surface area contributed by atoms with Gasteiger partial charge in [0.15, 0.2) is 0 Å². The van der Waals surface area contributed by atoms with Crippen molar-refractivity contribution >= 4 is 49.3 Å². The lowest BCUT2D eigenvalue weighted by Gasteiger charge is -2.43. The second-order valence-electron chi connectivity index (χ2n) is 10.0. The van der Waals surface area contributed by atoms with Gasteiger partial charge in [-0.25, -0.2) is 0 Å². The third-order valence-electron chi connectivity index (χ3n) is 7.96. The number of benzene rings is 4. The average Bonchev–Trinajstić information content (AvgIpc) is 2.95. The quantitative estimate of drug-likeness (QED) is 0.299. The van der Waals surface area contributed by atoms with Crippen molar-refractivity contribution in [1.82, 2.24) is 14.7 Å². The molecule has 6 rings (SSSR count). The number of amides is 2. The molecule has 2 aliphatic heterocycles. The molecule has 4 aromatic carbocycles. The van der Waals surface area contributed by atoms with Crippen LogP contribution in [-0.2, 0) is 0 Å². The fraction of sp³-hybridized carbons (Fsp3) is 0.290. The van der Waals surface area contributed by atoms with Crippen molar-refractivity contribution in [1.29, 1.82) is 0 Å². The predicted molar refractivity (Wildman–Crippen MR) is 152 cm³/mol. The first-order chi connectivity index (χ1) is 18.1. The molecule has 0 bridgehead atoms. The molecule has 0 aliphatic carbocycles. The largest absolute Gasteiger partial charge is 0.338 e. The number of piperazine rings is 1. The van der Waals surface area contributed by atoms with Gasteiger partial charge < -0.3 is 9.80 Å². The lowest BCUT2D eigenvalue weighted by atomic mass is 9.95. The van der Waals surface area contributed by atoms with Crippen LogP contribution in [0.3, 0.4) is 0 Å². The molecule has 5 nitrogen and oxygen atoms in total. The molecule has 0 unspecified atom stereocenters. The fourth-order valence-electron chi connectivity index (χ4n) is 5.93. The lowest BCUT2D eigenvalue weighted by molar-refractivity contribution is 0.0413. The van der Waals surface area contributed by atoms with Gasteiger partial charge in [0.05, 0.1) is 11.1 Å². The molecule has 37 heavy (non-hydrogen) atoms. The third kappa shape index (κ3) is 4.64. The van der Waals surface area contributed by atoms with Crippen LogP contribution < -0.4 is 0 Å². The van der Waals surface area contributed by atoms with E-state index < -0.39 is 0 Å². The highest BCUT2D eigenvalue weighted by Crippen LogP contribution is 2.30. The van der Waals surface area contributed by atoms with E-state index in [0.29, 0.717) is 6.04 Å². The first-order valence-electron chi connectivity index (χ1n) is 13.1. The van der Waals surface area contributed by atoms with E-state index in [1.165, 1.54) is 0 Å². The molecule has 188 valence electrons. The topological polar surface area (TPSA) is 43.9 Å². The molecule has 0 spiro atoms. The Balaban J connectivity index is 1.12. The molecule has 2 saturated heterocycles. The summed E-state index contributed by atoms with van der Waals surface area (Å²) in [5.41, 5.74) is 1.55. The molecule has 6 heteroatoms. The summed E-state index contributed by atoms with van der Waals surface area (Å²) in [4.78, 5) is 33.3. The molecule has 0 saturated carbocycles. The van der Waals surface area contributed by atoms with Gasteiger partial charge in [0, 0.05) is 49.8 Å². The van der Waals surface area contributed by atoms with Crippen LogP contribution in [0.4, 0.5) is 0 Å². The van der Waals surface area contributed by atoms with Crippen LogP contribution in [0.2, 0.25) is 0 Å². The van der Waals surface area contributed by atoms with E-state index in [2.05, 4.69) is 51.2 Å². The molecular weight excluding hydrogens is 526 g/mol. The van der Waals surface area contributed by atoms with Gasteiger partial charge in [0.1, 0.15) is 0 Å². The molecule has 4 aromatic rings. The van der Waals surface area contributed by atoms with E-state index in [4.69, 9.17) is 0 Å². The number of hydrogen-bond acceptors (Lipinski definition) is 3. The van der Waals surface area contributed by atoms with Gasteiger partial charge in [-0.15, -0.1) is 0 Å². The zero-order chi connectivity index (χ0) is 25.4. The molecule has 0 atom stereocenters. The van der Waals surface area contributed by atoms with Gasteiger partial charge in [0.2, 0.25) is 0 Å². The molecule has 2 amide bonds. The first kappa shape index (κ1) is 24.1. The molecule has 2 fully saturated rings. The minimum atomic E-state index is 0.101. The Hall–Kier alpha value is -3.22. The monoisotopic (exact) mass is 555 g/mol. The molecule has 0 aromatic heterocycles. The normalized spacial score (nSPS) is 17.4. The maximum absolute atomic E-state index is 13.9. The van der Waals surface area contributed by atoms with Crippen molar-refractivity contribution in [2.24, 2.45) is 0 Å². The summed E-state index contributed by atoms with van der Waals surface area (Å²) in [6.45, 7) is 4.74. The smallest absolute Gasteiger partial charge is 0.255 e. The zero-order valence-corrected chi connectivity index (χ0v) is 22.4. The number of rotatable bonds is 3. The van der Waals surface area contributed by atoms with E-state index in [9.17, 15) is 9.59 Å². The minimum Gasteiger partial charge on any atom is -0.338 e. The SMILES string of the molecule is O=C(c1ccccc1Br)N1CCC(N2CCN(C(=O)c3c4ccccc4cc4ccccc34)CC2)CC1. The summed E-state index contributed by atoms with van der Waals surface area (Å²) in [7, 11) is 0. The van der Waals surface area contributed by atoms with Gasteiger partial charge in [-0.05, 0) is 68.5 Å². The summed E-state index contributed by atoms with van der Waals surface area (Å²) >= 11 is 3.51. The number of nitrogens with zero attached hydrogens (tertiary/aromatic N) is 3.